The lowest BCUT2D eigenvalue weighted by Gasteiger charge is -1.87. The zero-order valence-corrected chi connectivity index (χ0v) is 10.2. The van der Waals surface area contributed by atoms with Crippen LogP contribution < -0.4 is 0 Å². The van der Waals surface area contributed by atoms with E-state index in [1.807, 2.05) is 0 Å². The number of aromatic amines is 1. The van der Waals surface area contributed by atoms with Gasteiger partial charge in [-0.3, -0.25) is 0 Å². The summed E-state index contributed by atoms with van der Waals surface area (Å²) >= 11 is 0. The van der Waals surface area contributed by atoms with E-state index in [9.17, 15) is 0 Å². The topological polar surface area (TPSA) is 93.6 Å². The average Bonchev–Trinajstić information content (AvgIpc) is 2.65. The Morgan fingerprint density at radius 1 is 0.778 bits per heavy atom. The molecule has 1 heterocycles. The molecule has 0 atom stereocenters. The van der Waals surface area contributed by atoms with Crippen LogP contribution >= 0.6 is 7.82 Å². The number of H-pyrrole nitrogens is 1. The minimum atomic E-state index is -4.64. The van der Waals surface area contributed by atoms with Gasteiger partial charge in [-0.1, -0.05) is 36.4 Å². The lowest BCUT2D eigenvalue weighted by molar-refractivity contribution is 0.275. The summed E-state index contributed by atoms with van der Waals surface area (Å²) in [5.41, 5.74) is 2.42. The fraction of sp³-hybridized carbons (Fsp3) is 0. The van der Waals surface area contributed by atoms with Crippen molar-refractivity contribution >= 4 is 29.6 Å². The van der Waals surface area contributed by atoms with Crippen LogP contribution in [0.25, 0.3) is 21.8 Å². The van der Waals surface area contributed by atoms with Gasteiger partial charge in [0, 0.05) is 21.8 Å². The summed E-state index contributed by atoms with van der Waals surface area (Å²) in [5, 5.41) is 2.61. The molecule has 0 bridgehead atoms. The summed E-state index contributed by atoms with van der Waals surface area (Å²) < 4.78 is 8.88. The highest BCUT2D eigenvalue weighted by molar-refractivity contribution is 7.45. The molecule has 0 aliphatic heterocycles. The second kappa shape index (κ2) is 4.92. The Labute approximate surface area is 103 Å². The van der Waals surface area contributed by atoms with Crippen LogP contribution in [0.15, 0.2) is 48.5 Å². The highest BCUT2D eigenvalue weighted by Crippen LogP contribution is 2.26. The Bertz CT molecular complexity index is 657. The SMILES string of the molecule is O=P(O)(O)O.c1ccc2c(c1)[nH]c1ccccc12. The van der Waals surface area contributed by atoms with Crippen LogP contribution in [0, 0.1) is 0 Å². The summed E-state index contributed by atoms with van der Waals surface area (Å²) in [6.07, 6.45) is 0. The molecule has 6 heteroatoms. The molecule has 18 heavy (non-hydrogen) atoms. The molecule has 0 fully saturated rings. The van der Waals surface area contributed by atoms with Gasteiger partial charge in [-0.05, 0) is 12.1 Å². The average molecular weight is 265 g/mol. The van der Waals surface area contributed by atoms with Crippen molar-refractivity contribution < 1.29 is 19.2 Å². The summed E-state index contributed by atoms with van der Waals surface area (Å²) in [5.74, 6) is 0. The molecule has 0 amide bonds. The number of benzene rings is 2. The third-order valence-corrected chi connectivity index (χ3v) is 2.41. The van der Waals surface area contributed by atoms with Crippen LogP contribution in [0.5, 0.6) is 0 Å². The third kappa shape index (κ3) is 3.18. The molecule has 0 unspecified atom stereocenters. The van der Waals surface area contributed by atoms with Gasteiger partial charge in [-0.15, -0.1) is 0 Å². The number of phosphoric acid groups is 1. The van der Waals surface area contributed by atoms with Crippen molar-refractivity contribution in [1.82, 2.24) is 4.98 Å². The molecule has 94 valence electrons. The zero-order chi connectivity index (χ0) is 13.2. The van der Waals surface area contributed by atoms with E-state index in [-0.39, 0.29) is 0 Å². The first-order chi connectivity index (χ1) is 8.45. The Hall–Kier alpha value is -1.65. The largest absolute Gasteiger partial charge is 0.466 e. The summed E-state index contributed by atoms with van der Waals surface area (Å²) in [4.78, 5) is 24.9. The molecule has 0 saturated heterocycles. The number of hydrogen-bond acceptors (Lipinski definition) is 1. The first-order valence-electron chi connectivity index (χ1n) is 5.19. The highest BCUT2D eigenvalue weighted by atomic mass is 31.2. The summed E-state index contributed by atoms with van der Waals surface area (Å²) in [6, 6.07) is 16.8. The molecule has 1 aromatic heterocycles. The van der Waals surface area contributed by atoms with Crippen molar-refractivity contribution in [3.63, 3.8) is 0 Å². The highest BCUT2D eigenvalue weighted by Gasteiger charge is 2.00. The minimum absolute atomic E-state index is 1.21. The van der Waals surface area contributed by atoms with Gasteiger partial charge in [0.2, 0.25) is 0 Å². The first kappa shape index (κ1) is 12.8. The zero-order valence-electron chi connectivity index (χ0n) is 9.32. The smallest absolute Gasteiger partial charge is 0.355 e. The number of aromatic nitrogens is 1. The van der Waals surface area contributed by atoms with Gasteiger partial charge in [-0.2, -0.15) is 0 Å². The number of fused-ring (bicyclic) bond motifs is 3. The van der Waals surface area contributed by atoms with E-state index in [0.717, 1.165) is 0 Å². The molecule has 2 aromatic carbocycles. The maximum atomic E-state index is 8.88. The van der Waals surface area contributed by atoms with E-state index in [1.54, 1.807) is 0 Å². The molecule has 3 rings (SSSR count). The lowest BCUT2D eigenvalue weighted by atomic mass is 10.2. The minimum Gasteiger partial charge on any atom is -0.355 e. The van der Waals surface area contributed by atoms with Crippen molar-refractivity contribution in [1.29, 1.82) is 0 Å². The van der Waals surface area contributed by atoms with Crippen LogP contribution in [-0.4, -0.2) is 19.7 Å². The maximum absolute atomic E-state index is 8.88. The molecular weight excluding hydrogens is 253 g/mol. The van der Waals surface area contributed by atoms with Gasteiger partial charge >= 0.3 is 7.82 Å². The fourth-order valence-electron chi connectivity index (χ4n) is 1.80. The van der Waals surface area contributed by atoms with Crippen molar-refractivity contribution in [3.8, 4) is 0 Å². The molecule has 5 nitrogen and oxygen atoms in total. The van der Waals surface area contributed by atoms with Gasteiger partial charge < -0.3 is 19.7 Å². The van der Waals surface area contributed by atoms with Crippen LogP contribution in [0.1, 0.15) is 0 Å². The van der Waals surface area contributed by atoms with Crippen LogP contribution in [-0.2, 0) is 4.57 Å². The molecule has 4 N–H and O–H groups in total. The normalized spacial score (nSPS) is 11.3. The summed E-state index contributed by atoms with van der Waals surface area (Å²) in [6.45, 7) is 0. The van der Waals surface area contributed by atoms with Crippen molar-refractivity contribution in [3.05, 3.63) is 48.5 Å². The maximum Gasteiger partial charge on any atom is 0.466 e. The van der Waals surface area contributed by atoms with Crippen LogP contribution in [0.4, 0.5) is 0 Å². The van der Waals surface area contributed by atoms with Crippen LogP contribution in [0.3, 0.4) is 0 Å². The molecule has 0 radical (unpaired) electrons. The molecular formula is C12H12NO4P. The molecule has 0 saturated carbocycles. The predicted octanol–water partition coefficient (Wildman–Crippen LogP) is 2.39. The second-order valence-corrected chi connectivity index (χ2v) is 4.76. The van der Waals surface area contributed by atoms with Gasteiger partial charge in [0.15, 0.2) is 0 Å². The molecule has 0 spiro atoms. The first-order valence-corrected chi connectivity index (χ1v) is 6.75. The van der Waals surface area contributed by atoms with E-state index in [0.29, 0.717) is 0 Å². The van der Waals surface area contributed by atoms with E-state index in [2.05, 4.69) is 53.5 Å². The standard InChI is InChI=1S/C12H9N.H3O4P/c1-3-7-11-9(5-1)10-6-2-4-8-12(10)13-11;1-5(2,3)4/h1-8,13H;(H3,1,2,3,4). The number of rotatable bonds is 0. The monoisotopic (exact) mass is 265 g/mol. The number of hydrogen-bond donors (Lipinski definition) is 4. The van der Waals surface area contributed by atoms with E-state index >= 15 is 0 Å². The van der Waals surface area contributed by atoms with Gasteiger partial charge in [0.25, 0.3) is 0 Å². The van der Waals surface area contributed by atoms with E-state index in [4.69, 9.17) is 19.2 Å². The lowest BCUT2D eigenvalue weighted by Crippen LogP contribution is -1.66. The molecule has 0 aliphatic rings. The van der Waals surface area contributed by atoms with Crippen molar-refractivity contribution in [2.75, 3.05) is 0 Å². The van der Waals surface area contributed by atoms with Gasteiger partial charge in [-0.25, -0.2) is 4.57 Å². The van der Waals surface area contributed by atoms with E-state index in [1.165, 1.54) is 21.8 Å². The number of nitrogens with one attached hydrogen (secondary N) is 1. The Balaban J connectivity index is 0.000000209. The summed E-state index contributed by atoms with van der Waals surface area (Å²) in [7, 11) is -4.64. The van der Waals surface area contributed by atoms with E-state index < -0.39 is 7.82 Å². The third-order valence-electron chi connectivity index (χ3n) is 2.41. The quantitative estimate of drug-likeness (QED) is 0.469. The van der Waals surface area contributed by atoms with Crippen molar-refractivity contribution in [2.45, 2.75) is 0 Å². The predicted molar refractivity (Wildman–Crippen MR) is 70.1 cm³/mol. The number of para-hydroxylation sites is 2. The Morgan fingerprint density at radius 2 is 1.11 bits per heavy atom. The molecule has 3 aromatic rings. The molecule has 0 aliphatic carbocycles. The Morgan fingerprint density at radius 3 is 1.50 bits per heavy atom. The Kier molecular flexibility index (Phi) is 3.50. The van der Waals surface area contributed by atoms with Gasteiger partial charge in [0.1, 0.15) is 0 Å². The second-order valence-electron chi connectivity index (χ2n) is 3.73. The van der Waals surface area contributed by atoms with Gasteiger partial charge in [0.05, 0.1) is 0 Å². The van der Waals surface area contributed by atoms with Crippen molar-refractivity contribution in [2.24, 2.45) is 0 Å². The fourth-order valence-corrected chi connectivity index (χ4v) is 1.80. The van der Waals surface area contributed by atoms with Crippen LogP contribution in [0.2, 0.25) is 0 Å².